The zero-order chi connectivity index (χ0) is 10.4. The number of nitrogens with two attached hydrogens (primary N) is 1. The lowest BCUT2D eigenvalue weighted by Gasteiger charge is -1.97. The molecule has 0 spiro atoms. The van der Waals surface area contributed by atoms with E-state index < -0.39 is 0 Å². The molecule has 4 heteroatoms. The van der Waals surface area contributed by atoms with Gasteiger partial charge < -0.3 is 5.73 Å². The van der Waals surface area contributed by atoms with Gasteiger partial charge in [0.2, 0.25) is 0 Å². The van der Waals surface area contributed by atoms with Crippen LogP contribution in [0, 0.1) is 0 Å². The average molecular weight is 195 g/mol. The fourth-order valence-corrected chi connectivity index (χ4v) is 1.30. The number of nitrogens with zero attached hydrogens (tertiary/aromatic N) is 2. The zero-order valence-electron chi connectivity index (χ0n) is 8.57. The Labute approximate surface area is 84.1 Å². The molecule has 0 unspecified atom stereocenters. The number of Topliss-reactive ketones (excluding diaryl/α,β-unsaturated/α-hetero) is 1. The van der Waals surface area contributed by atoms with Crippen molar-refractivity contribution < 1.29 is 4.79 Å². The van der Waals surface area contributed by atoms with E-state index in [9.17, 15) is 4.79 Å². The van der Waals surface area contributed by atoms with E-state index in [1.54, 1.807) is 16.9 Å². The second kappa shape index (κ2) is 5.54. The van der Waals surface area contributed by atoms with Gasteiger partial charge in [-0.25, -0.2) is 0 Å². The van der Waals surface area contributed by atoms with Crippen LogP contribution in [0.15, 0.2) is 12.3 Å². The van der Waals surface area contributed by atoms with Gasteiger partial charge in [-0.2, -0.15) is 5.10 Å². The van der Waals surface area contributed by atoms with Crippen LogP contribution in [0.1, 0.15) is 36.2 Å². The number of aromatic nitrogens is 2. The Bertz CT molecular complexity index is 293. The standard InChI is InChI=1S/C10H17N3O/c1-13-8-6-9(12-13)10(14)5-3-2-4-7-11/h6,8H,2-5,7,11H2,1H3. The molecule has 1 rings (SSSR count). The van der Waals surface area contributed by atoms with Gasteiger partial charge in [-0.05, 0) is 25.5 Å². The normalized spacial score (nSPS) is 10.4. The Morgan fingerprint density at radius 3 is 2.86 bits per heavy atom. The molecule has 1 heterocycles. The maximum atomic E-state index is 11.5. The van der Waals surface area contributed by atoms with E-state index in [0.717, 1.165) is 19.3 Å². The highest BCUT2D eigenvalue weighted by Gasteiger charge is 2.07. The molecule has 0 atom stereocenters. The Hall–Kier alpha value is -1.16. The Morgan fingerprint density at radius 2 is 2.29 bits per heavy atom. The van der Waals surface area contributed by atoms with Crippen molar-refractivity contribution in [3.63, 3.8) is 0 Å². The molecule has 0 fully saturated rings. The van der Waals surface area contributed by atoms with Crippen LogP contribution in [0.4, 0.5) is 0 Å². The highest BCUT2D eigenvalue weighted by molar-refractivity contribution is 5.94. The Kier molecular flexibility index (Phi) is 4.32. The summed E-state index contributed by atoms with van der Waals surface area (Å²) >= 11 is 0. The first kappa shape index (κ1) is 10.9. The summed E-state index contributed by atoms with van der Waals surface area (Å²) in [7, 11) is 1.81. The summed E-state index contributed by atoms with van der Waals surface area (Å²) in [6, 6.07) is 1.76. The summed E-state index contributed by atoms with van der Waals surface area (Å²) in [6.45, 7) is 0.706. The minimum Gasteiger partial charge on any atom is -0.330 e. The number of hydrogen-bond donors (Lipinski definition) is 1. The predicted molar refractivity (Wildman–Crippen MR) is 55.1 cm³/mol. The minimum atomic E-state index is 0.127. The van der Waals surface area contributed by atoms with Gasteiger partial charge in [0.05, 0.1) is 0 Å². The lowest BCUT2D eigenvalue weighted by molar-refractivity contribution is 0.0973. The molecule has 0 saturated carbocycles. The molecular weight excluding hydrogens is 178 g/mol. The number of aryl methyl sites for hydroxylation is 1. The number of carbonyl (C=O) groups excluding carboxylic acids is 1. The van der Waals surface area contributed by atoms with Crippen molar-refractivity contribution in [2.45, 2.75) is 25.7 Å². The highest BCUT2D eigenvalue weighted by atomic mass is 16.1. The fraction of sp³-hybridized carbons (Fsp3) is 0.600. The van der Waals surface area contributed by atoms with Gasteiger partial charge >= 0.3 is 0 Å². The molecule has 1 aromatic rings. The van der Waals surface area contributed by atoms with Crippen LogP contribution in [0.2, 0.25) is 0 Å². The van der Waals surface area contributed by atoms with Crippen LogP contribution in [0.3, 0.4) is 0 Å². The minimum absolute atomic E-state index is 0.127. The smallest absolute Gasteiger partial charge is 0.183 e. The van der Waals surface area contributed by atoms with Crippen LogP contribution >= 0.6 is 0 Å². The molecule has 1 aromatic heterocycles. The van der Waals surface area contributed by atoms with Crippen LogP contribution in [0.25, 0.3) is 0 Å². The number of unbranched alkanes of at least 4 members (excludes halogenated alkanes) is 2. The number of rotatable bonds is 6. The molecule has 14 heavy (non-hydrogen) atoms. The molecule has 0 bridgehead atoms. The number of carbonyl (C=O) groups is 1. The first-order chi connectivity index (χ1) is 6.74. The summed E-state index contributed by atoms with van der Waals surface area (Å²) < 4.78 is 1.65. The van der Waals surface area contributed by atoms with E-state index in [1.807, 2.05) is 7.05 Å². The van der Waals surface area contributed by atoms with Gasteiger partial charge in [-0.3, -0.25) is 9.48 Å². The number of hydrogen-bond acceptors (Lipinski definition) is 3. The molecule has 0 radical (unpaired) electrons. The SMILES string of the molecule is Cn1ccc(C(=O)CCCCCN)n1. The second-order valence-electron chi connectivity index (χ2n) is 3.40. The highest BCUT2D eigenvalue weighted by Crippen LogP contribution is 2.05. The van der Waals surface area contributed by atoms with Gasteiger partial charge in [-0.1, -0.05) is 6.42 Å². The van der Waals surface area contributed by atoms with Crippen molar-refractivity contribution in [3.8, 4) is 0 Å². The topological polar surface area (TPSA) is 60.9 Å². The molecule has 0 amide bonds. The summed E-state index contributed by atoms with van der Waals surface area (Å²) in [5.41, 5.74) is 5.93. The molecule has 0 aliphatic rings. The van der Waals surface area contributed by atoms with Crippen LogP contribution in [0.5, 0.6) is 0 Å². The summed E-state index contributed by atoms with van der Waals surface area (Å²) in [5, 5.41) is 4.05. The van der Waals surface area contributed by atoms with Gasteiger partial charge in [-0.15, -0.1) is 0 Å². The monoisotopic (exact) mass is 195 g/mol. The van der Waals surface area contributed by atoms with Crippen LogP contribution in [-0.4, -0.2) is 22.1 Å². The van der Waals surface area contributed by atoms with Gasteiger partial charge in [0.15, 0.2) is 5.78 Å². The van der Waals surface area contributed by atoms with E-state index in [4.69, 9.17) is 5.73 Å². The quantitative estimate of drug-likeness (QED) is 0.546. The van der Waals surface area contributed by atoms with Crippen molar-refractivity contribution >= 4 is 5.78 Å². The van der Waals surface area contributed by atoms with Gasteiger partial charge in [0.1, 0.15) is 5.69 Å². The lowest BCUT2D eigenvalue weighted by Crippen LogP contribution is -2.02. The van der Waals surface area contributed by atoms with E-state index in [-0.39, 0.29) is 5.78 Å². The van der Waals surface area contributed by atoms with Gasteiger partial charge in [0.25, 0.3) is 0 Å². The molecule has 4 nitrogen and oxygen atoms in total. The average Bonchev–Trinajstić information content (AvgIpc) is 2.59. The second-order valence-corrected chi connectivity index (χ2v) is 3.40. The summed E-state index contributed by atoms with van der Waals surface area (Å²) in [4.78, 5) is 11.5. The van der Waals surface area contributed by atoms with E-state index >= 15 is 0 Å². The maximum absolute atomic E-state index is 11.5. The lowest BCUT2D eigenvalue weighted by atomic mass is 10.1. The van der Waals surface area contributed by atoms with Crippen molar-refractivity contribution in [3.05, 3.63) is 18.0 Å². The first-order valence-corrected chi connectivity index (χ1v) is 4.97. The third-order valence-electron chi connectivity index (χ3n) is 2.11. The predicted octanol–water partition coefficient (Wildman–Crippen LogP) is 1.12. The molecule has 0 saturated heterocycles. The van der Waals surface area contributed by atoms with E-state index in [2.05, 4.69) is 5.10 Å². The largest absolute Gasteiger partial charge is 0.330 e. The first-order valence-electron chi connectivity index (χ1n) is 4.97. The molecule has 2 N–H and O–H groups in total. The third-order valence-corrected chi connectivity index (χ3v) is 2.11. The van der Waals surface area contributed by atoms with Crippen molar-refractivity contribution in [2.24, 2.45) is 12.8 Å². The van der Waals surface area contributed by atoms with Crippen LogP contribution in [-0.2, 0) is 7.05 Å². The summed E-state index contributed by atoms with van der Waals surface area (Å²) in [5.74, 6) is 0.127. The molecule has 0 aromatic carbocycles. The molecular formula is C10H17N3O. The number of ketones is 1. The Balaban J connectivity index is 2.29. The van der Waals surface area contributed by atoms with E-state index in [1.165, 1.54) is 0 Å². The zero-order valence-corrected chi connectivity index (χ0v) is 8.57. The van der Waals surface area contributed by atoms with Crippen LogP contribution < -0.4 is 5.73 Å². The van der Waals surface area contributed by atoms with Gasteiger partial charge in [0, 0.05) is 19.7 Å². The van der Waals surface area contributed by atoms with E-state index in [0.29, 0.717) is 18.7 Å². The van der Waals surface area contributed by atoms with Crippen molar-refractivity contribution in [2.75, 3.05) is 6.54 Å². The maximum Gasteiger partial charge on any atom is 0.183 e. The molecule has 0 aliphatic heterocycles. The molecule has 78 valence electrons. The fourth-order valence-electron chi connectivity index (χ4n) is 1.30. The third kappa shape index (κ3) is 3.30. The Morgan fingerprint density at radius 1 is 1.50 bits per heavy atom. The van der Waals surface area contributed by atoms with Crippen molar-refractivity contribution in [1.82, 2.24) is 9.78 Å². The summed E-state index contributed by atoms with van der Waals surface area (Å²) in [6.07, 6.45) is 5.29. The molecule has 0 aliphatic carbocycles. The van der Waals surface area contributed by atoms with Crippen molar-refractivity contribution in [1.29, 1.82) is 0 Å².